The highest BCUT2D eigenvalue weighted by molar-refractivity contribution is 5.97. The Morgan fingerprint density at radius 2 is 1.63 bits per heavy atom. The Labute approximate surface area is 159 Å². The van der Waals surface area contributed by atoms with Crippen LogP contribution in [0.3, 0.4) is 0 Å². The van der Waals surface area contributed by atoms with E-state index in [1.807, 2.05) is 13.0 Å². The number of hydrogen-bond acceptors (Lipinski definition) is 2. The first-order valence-electron chi connectivity index (χ1n) is 10.1. The summed E-state index contributed by atoms with van der Waals surface area (Å²) in [6, 6.07) is 8.51. The zero-order valence-corrected chi connectivity index (χ0v) is 15.7. The summed E-state index contributed by atoms with van der Waals surface area (Å²) >= 11 is 0. The van der Waals surface area contributed by atoms with E-state index in [0.717, 1.165) is 36.6 Å². The van der Waals surface area contributed by atoms with Crippen LogP contribution in [0.15, 0.2) is 30.3 Å². The molecule has 0 unspecified atom stereocenters. The molecule has 142 valence electrons. The topological polar surface area (TPSA) is 30.0 Å². The number of carbonyl (C=O) groups is 1. The van der Waals surface area contributed by atoms with Crippen LogP contribution in [0.2, 0.25) is 0 Å². The lowest BCUT2D eigenvalue weighted by molar-refractivity contribution is 0.0876. The molecule has 0 saturated heterocycles. The molecule has 0 radical (unpaired) electrons. The Balaban J connectivity index is 1.50. The second-order valence-electron chi connectivity index (χ2n) is 7.92. The third kappa shape index (κ3) is 3.67. The van der Waals surface area contributed by atoms with Crippen molar-refractivity contribution in [3.63, 3.8) is 0 Å². The fourth-order valence-corrected chi connectivity index (χ4v) is 4.32. The minimum absolute atomic E-state index is 0.0115. The van der Waals surface area contributed by atoms with Crippen molar-refractivity contribution in [2.75, 3.05) is 0 Å². The number of Topliss-reactive ketones (excluding diaryl/α,β-unsaturated/α-hetero) is 1. The van der Waals surface area contributed by atoms with Crippen LogP contribution < -0.4 is 0 Å². The standard InChI is InChI=1S/C23H25F2NO/c1-2-17-12-13-19(15-6-7-15)22(26-17)23(27)16-10-8-14(9-11-16)18-4-3-5-20(24)21(18)25/h3-5,12-16H,2,6-11H2,1H3. The molecule has 1 aromatic carbocycles. The third-order valence-electron chi connectivity index (χ3n) is 6.12. The molecule has 2 saturated carbocycles. The van der Waals surface area contributed by atoms with Crippen LogP contribution in [0.1, 0.15) is 84.6 Å². The van der Waals surface area contributed by atoms with E-state index < -0.39 is 11.6 Å². The fraction of sp³-hybridized carbons (Fsp3) is 0.478. The predicted molar refractivity (Wildman–Crippen MR) is 101 cm³/mol. The summed E-state index contributed by atoms with van der Waals surface area (Å²) in [6.45, 7) is 2.05. The summed E-state index contributed by atoms with van der Waals surface area (Å²) in [5, 5.41) is 0. The Hall–Kier alpha value is -2.10. The van der Waals surface area contributed by atoms with Crippen molar-refractivity contribution in [2.45, 2.75) is 63.7 Å². The van der Waals surface area contributed by atoms with Gasteiger partial charge in [0.15, 0.2) is 17.4 Å². The van der Waals surface area contributed by atoms with Gasteiger partial charge in [-0.1, -0.05) is 25.1 Å². The molecule has 0 amide bonds. The van der Waals surface area contributed by atoms with Crippen LogP contribution in [-0.2, 0) is 6.42 Å². The molecular weight excluding hydrogens is 344 g/mol. The van der Waals surface area contributed by atoms with E-state index >= 15 is 0 Å². The first-order valence-corrected chi connectivity index (χ1v) is 10.1. The Morgan fingerprint density at radius 3 is 2.30 bits per heavy atom. The van der Waals surface area contributed by atoms with Gasteiger partial charge in [-0.15, -0.1) is 0 Å². The van der Waals surface area contributed by atoms with E-state index in [2.05, 4.69) is 11.1 Å². The highest BCUT2D eigenvalue weighted by Gasteiger charge is 2.34. The molecule has 4 rings (SSSR count). The van der Waals surface area contributed by atoms with Crippen LogP contribution in [0.25, 0.3) is 0 Å². The van der Waals surface area contributed by atoms with Gasteiger partial charge >= 0.3 is 0 Å². The Kier molecular flexibility index (Phi) is 5.07. The quantitative estimate of drug-likeness (QED) is 0.609. The first-order chi connectivity index (χ1) is 13.1. The SMILES string of the molecule is CCc1ccc(C2CC2)c(C(=O)C2CCC(c3cccc(F)c3F)CC2)n1. The molecular formula is C23H25F2NO. The highest BCUT2D eigenvalue weighted by atomic mass is 19.2. The van der Waals surface area contributed by atoms with Crippen molar-refractivity contribution in [3.05, 3.63) is 64.5 Å². The van der Waals surface area contributed by atoms with Gasteiger partial charge in [0.05, 0.1) is 0 Å². The fourth-order valence-electron chi connectivity index (χ4n) is 4.32. The number of nitrogens with zero attached hydrogens (tertiary/aromatic N) is 1. The number of halogens is 2. The van der Waals surface area contributed by atoms with Gasteiger partial charge in [-0.3, -0.25) is 4.79 Å². The molecule has 0 atom stereocenters. The molecule has 1 aromatic heterocycles. The molecule has 0 bridgehead atoms. The van der Waals surface area contributed by atoms with Gasteiger partial charge in [0, 0.05) is 11.6 Å². The maximum atomic E-state index is 14.1. The van der Waals surface area contributed by atoms with E-state index in [0.29, 0.717) is 42.9 Å². The first kappa shape index (κ1) is 18.3. The number of carbonyl (C=O) groups excluding carboxylic acids is 1. The maximum absolute atomic E-state index is 14.1. The smallest absolute Gasteiger partial charge is 0.184 e. The minimum Gasteiger partial charge on any atom is -0.292 e. The molecule has 2 aliphatic carbocycles. The van der Waals surface area contributed by atoms with E-state index in [-0.39, 0.29) is 17.6 Å². The van der Waals surface area contributed by atoms with Crippen molar-refractivity contribution in [3.8, 4) is 0 Å². The number of hydrogen-bond donors (Lipinski definition) is 0. The van der Waals surface area contributed by atoms with Crippen molar-refractivity contribution in [2.24, 2.45) is 5.92 Å². The Morgan fingerprint density at radius 1 is 0.963 bits per heavy atom. The Bertz CT molecular complexity index is 851. The van der Waals surface area contributed by atoms with Gasteiger partial charge in [0.25, 0.3) is 0 Å². The van der Waals surface area contributed by atoms with Gasteiger partial charge in [-0.25, -0.2) is 13.8 Å². The van der Waals surface area contributed by atoms with Gasteiger partial charge in [0.1, 0.15) is 5.69 Å². The van der Waals surface area contributed by atoms with Crippen LogP contribution >= 0.6 is 0 Å². The molecule has 0 N–H and O–H groups in total. The molecule has 2 nitrogen and oxygen atoms in total. The largest absolute Gasteiger partial charge is 0.292 e. The molecule has 0 aliphatic heterocycles. The monoisotopic (exact) mass is 369 g/mol. The normalized spacial score (nSPS) is 22.6. The van der Waals surface area contributed by atoms with E-state index in [1.54, 1.807) is 12.1 Å². The number of ketones is 1. The zero-order valence-electron chi connectivity index (χ0n) is 15.7. The number of aryl methyl sites for hydroxylation is 1. The summed E-state index contributed by atoms with van der Waals surface area (Å²) in [4.78, 5) is 17.9. The molecule has 4 heteroatoms. The lowest BCUT2D eigenvalue weighted by atomic mass is 9.76. The van der Waals surface area contributed by atoms with Crippen molar-refractivity contribution in [1.82, 2.24) is 4.98 Å². The maximum Gasteiger partial charge on any atom is 0.184 e. The van der Waals surface area contributed by atoms with Crippen molar-refractivity contribution < 1.29 is 13.6 Å². The number of pyridine rings is 1. The van der Waals surface area contributed by atoms with E-state index in [4.69, 9.17) is 0 Å². The van der Waals surface area contributed by atoms with Crippen LogP contribution in [0.4, 0.5) is 8.78 Å². The predicted octanol–water partition coefficient (Wildman–Crippen LogP) is 5.96. The van der Waals surface area contributed by atoms with Gasteiger partial charge in [-0.2, -0.15) is 0 Å². The zero-order chi connectivity index (χ0) is 19.0. The summed E-state index contributed by atoms with van der Waals surface area (Å²) in [7, 11) is 0. The number of benzene rings is 1. The van der Waals surface area contributed by atoms with Crippen LogP contribution in [0, 0.1) is 17.6 Å². The summed E-state index contributed by atoms with van der Waals surface area (Å²) < 4.78 is 27.6. The average molecular weight is 369 g/mol. The molecule has 2 aromatic rings. The molecule has 2 fully saturated rings. The third-order valence-corrected chi connectivity index (χ3v) is 6.12. The summed E-state index contributed by atoms with van der Waals surface area (Å²) in [5.74, 6) is -0.969. The van der Waals surface area contributed by atoms with Crippen molar-refractivity contribution >= 4 is 5.78 Å². The van der Waals surface area contributed by atoms with E-state index in [1.165, 1.54) is 0 Å². The number of aromatic nitrogens is 1. The lowest BCUT2D eigenvalue weighted by Crippen LogP contribution is -2.24. The second-order valence-corrected chi connectivity index (χ2v) is 7.92. The van der Waals surface area contributed by atoms with Crippen LogP contribution in [0.5, 0.6) is 0 Å². The highest BCUT2D eigenvalue weighted by Crippen LogP contribution is 2.43. The lowest BCUT2D eigenvalue weighted by Gasteiger charge is -2.28. The second kappa shape index (κ2) is 7.49. The molecule has 2 aliphatic rings. The minimum atomic E-state index is -0.791. The molecule has 0 spiro atoms. The average Bonchev–Trinajstić information content (AvgIpc) is 3.54. The van der Waals surface area contributed by atoms with E-state index in [9.17, 15) is 13.6 Å². The number of rotatable bonds is 5. The van der Waals surface area contributed by atoms with Crippen molar-refractivity contribution in [1.29, 1.82) is 0 Å². The van der Waals surface area contributed by atoms with Gasteiger partial charge < -0.3 is 0 Å². The van der Waals surface area contributed by atoms with Gasteiger partial charge in [0.2, 0.25) is 0 Å². The van der Waals surface area contributed by atoms with Crippen LogP contribution in [-0.4, -0.2) is 10.8 Å². The summed E-state index contributed by atoms with van der Waals surface area (Å²) in [5.41, 5.74) is 3.18. The summed E-state index contributed by atoms with van der Waals surface area (Å²) in [6.07, 6.45) is 5.93. The van der Waals surface area contributed by atoms with Gasteiger partial charge in [-0.05, 0) is 80.0 Å². The molecule has 27 heavy (non-hydrogen) atoms. The molecule has 1 heterocycles.